The lowest BCUT2D eigenvalue weighted by molar-refractivity contribution is 0.350. The number of nitrogens with two attached hydrogens (primary N) is 1. The molecule has 2 atom stereocenters. The van der Waals surface area contributed by atoms with Crippen LogP contribution >= 0.6 is 12.2 Å². The number of fused-ring (bicyclic) bond motifs is 1. The van der Waals surface area contributed by atoms with Crippen LogP contribution in [0.4, 0.5) is 5.69 Å². The highest BCUT2D eigenvalue weighted by molar-refractivity contribution is 7.80. The molecule has 1 saturated carbocycles. The van der Waals surface area contributed by atoms with E-state index in [4.69, 9.17) is 18.0 Å². The predicted octanol–water partition coefficient (Wildman–Crippen LogP) is 4.46. The number of hydrogen-bond acceptors (Lipinski definition) is 2. The Morgan fingerprint density at radius 1 is 1.10 bits per heavy atom. The zero-order valence-electron chi connectivity index (χ0n) is 12.4. The highest BCUT2D eigenvalue weighted by Crippen LogP contribution is 2.31. The van der Waals surface area contributed by atoms with E-state index in [9.17, 15) is 0 Å². The molecule has 2 nitrogen and oxygen atoms in total. The standard InChI is InChI=1S/C18H22N2S/c1-12-6-2-5-9-16(12)20-17-11-10-15(18(19)21)13-7-3-4-8-14(13)17/h3-4,7-8,10-12,16,20H,2,5-6,9H2,1H3,(H2,19,21). The second kappa shape index (κ2) is 6.02. The normalized spacial score (nSPS) is 22.1. The maximum atomic E-state index is 5.85. The van der Waals surface area contributed by atoms with Crippen LogP contribution in [0.2, 0.25) is 0 Å². The topological polar surface area (TPSA) is 38.0 Å². The van der Waals surface area contributed by atoms with Gasteiger partial charge in [0.2, 0.25) is 0 Å². The molecule has 3 N–H and O–H groups in total. The fraction of sp³-hybridized carbons (Fsp3) is 0.389. The quantitative estimate of drug-likeness (QED) is 0.821. The molecule has 21 heavy (non-hydrogen) atoms. The Balaban J connectivity index is 1.99. The van der Waals surface area contributed by atoms with E-state index >= 15 is 0 Å². The van der Waals surface area contributed by atoms with Gasteiger partial charge >= 0.3 is 0 Å². The van der Waals surface area contributed by atoms with Gasteiger partial charge in [0.25, 0.3) is 0 Å². The van der Waals surface area contributed by atoms with Crippen LogP contribution in [0.25, 0.3) is 10.8 Å². The van der Waals surface area contributed by atoms with Crippen molar-refractivity contribution in [2.24, 2.45) is 11.7 Å². The van der Waals surface area contributed by atoms with E-state index in [0.29, 0.717) is 11.0 Å². The summed E-state index contributed by atoms with van der Waals surface area (Å²) in [5.74, 6) is 0.729. The van der Waals surface area contributed by atoms with Gasteiger partial charge in [0.1, 0.15) is 4.99 Å². The molecule has 0 aliphatic heterocycles. The van der Waals surface area contributed by atoms with Crippen LogP contribution in [0.1, 0.15) is 38.2 Å². The lowest BCUT2D eigenvalue weighted by atomic mass is 9.85. The molecular weight excluding hydrogens is 276 g/mol. The van der Waals surface area contributed by atoms with Gasteiger partial charge < -0.3 is 11.1 Å². The Morgan fingerprint density at radius 2 is 1.81 bits per heavy atom. The van der Waals surface area contributed by atoms with Crippen molar-refractivity contribution in [1.29, 1.82) is 0 Å². The molecule has 0 spiro atoms. The summed E-state index contributed by atoms with van der Waals surface area (Å²) in [6.07, 6.45) is 5.26. The van der Waals surface area contributed by atoms with E-state index < -0.39 is 0 Å². The zero-order valence-corrected chi connectivity index (χ0v) is 13.2. The molecule has 0 radical (unpaired) electrons. The van der Waals surface area contributed by atoms with Gasteiger partial charge in [-0.15, -0.1) is 0 Å². The first kappa shape index (κ1) is 14.3. The summed E-state index contributed by atoms with van der Waals surface area (Å²) in [4.78, 5) is 0.462. The summed E-state index contributed by atoms with van der Waals surface area (Å²) in [7, 11) is 0. The van der Waals surface area contributed by atoms with E-state index in [1.807, 2.05) is 12.1 Å². The van der Waals surface area contributed by atoms with Crippen LogP contribution in [0.5, 0.6) is 0 Å². The number of thiocarbonyl (C=S) groups is 1. The Morgan fingerprint density at radius 3 is 2.52 bits per heavy atom. The number of nitrogens with one attached hydrogen (secondary N) is 1. The van der Waals surface area contributed by atoms with Crippen molar-refractivity contribution in [1.82, 2.24) is 0 Å². The van der Waals surface area contributed by atoms with Crippen molar-refractivity contribution in [2.75, 3.05) is 5.32 Å². The molecule has 0 heterocycles. The molecule has 2 aromatic rings. The van der Waals surface area contributed by atoms with Crippen molar-refractivity contribution in [3.05, 3.63) is 42.0 Å². The third-order valence-corrected chi connectivity index (χ3v) is 4.86. The SMILES string of the molecule is CC1CCCCC1Nc1ccc(C(N)=S)c2ccccc12. The molecule has 1 aliphatic carbocycles. The highest BCUT2D eigenvalue weighted by Gasteiger charge is 2.21. The molecule has 0 aromatic heterocycles. The van der Waals surface area contributed by atoms with Gasteiger partial charge in [-0.25, -0.2) is 0 Å². The Bertz CT molecular complexity index is 665. The van der Waals surface area contributed by atoms with E-state index in [1.54, 1.807) is 0 Å². The van der Waals surface area contributed by atoms with Gasteiger partial charge in [-0.05, 0) is 36.3 Å². The number of rotatable bonds is 3. The Labute approximate surface area is 131 Å². The van der Waals surface area contributed by atoms with Gasteiger partial charge in [-0.1, -0.05) is 56.2 Å². The van der Waals surface area contributed by atoms with Gasteiger partial charge in [0, 0.05) is 22.7 Å². The van der Waals surface area contributed by atoms with Crippen LogP contribution in [0.15, 0.2) is 36.4 Å². The summed E-state index contributed by atoms with van der Waals surface area (Å²) in [6.45, 7) is 2.35. The van der Waals surface area contributed by atoms with Gasteiger partial charge in [-0.2, -0.15) is 0 Å². The molecule has 0 saturated heterocycles. The average Bonchev–Trinajstić information content (AvgIpc) is 2.49. The molecule has 110 valence electrons. The number of anilines is 1. The highest BCUT2D eigenvalue weighted by atomic mass is 32.1. The lowest BCUT2D eigenvalue weighted by Crippen LogP contribution is -2.30. The van der Waals surface area contributed by atoms with Crippen molar-refractivity contribution < 1.29 is 0 Å². The van der Waals surface area contributed by atoms with Crippen molar-refractivity contribution in [3.63, 3.8) is 0 Å². The minimum atomic E-state index is 0.462. The molecule has 3 heteroatoms. The molecule has 0 amide bonds. The first-order valence-corrected chi connectivity index (χ1v) is 8.15. The number of hydrogen-bond donors (Lipinski definition) is 2. The van der Waals surface area contributed by atoms with Gasteiger partial charge in [-0.3, -0.25) is 0 Å². The lowest BCUT2D eigenvalue weighted by Gasteiger charge is -2.31. The second-order valence-corrected chi connectivity index (χ2v) is 6.52. The van der Waals surface area contributed by atoms with Gasteiger partial charge in [0.05, 0.1) is 0 Å². The maximum Gasteiger partial charge on any atom is 0.104 e. The van der Waals surface area contributed by atoms with Crippen LogP contribution in [0, 0.1) is 5.92 Å². The van der Waals surface area contributed by atoms with Crippen molar-refractivity contribution >= 4 is 33.7 Å². The van der Waals surface area contributed by atoms with Crippen molar-refractivity contribution in [3.8, 4) is 0 Å². The fourth-order valence-electron chi connectivity index (χ4n) is 3.37. The van der Waals surface area contributed by atoms with E-state index in [0.717, 1.165) is 16.9 Å². The molecular formula is C18H22N2S. The second-order valence-electron chi connectivity index (χ2n) is 6.08. The Kier molecular flexibility index (Phi) is 4.11. The third-order valence-electron chi connectivity index (χ3n) is 4.64. The summed E-state index contributed by atoms with van der Waals surface area (Å²) >= 11 is 5.17. The van der Waals surface area contributed by atoms with E-state index in [1.165, 1.54) is 36.8 Å². The maximum absolute atomic E-state index is 5.85. The Hall–Kier alpha value is -1.61. The summed E-state index contributed by atoms with van der Waals surface area (Å²) in [5.41, 5.74) is 8.01. The van der Waals surface area contributed by atoms with Crippen LogP contribution < -0.4 is 11.1 Å². The summed E-state index contributed by atoms with van der Waals surface area (Å²) < 4.78 is 0. The smallest absolute Gasteiger partial charge is 0.104 e. The minimum absolute atomic E-state index is 0.462. The molecule has 2 unspecified atom stereocenters. The van der Waals surface area contributed by atoms with Crippen LogP contribution in [-0.4, -0.2) is 11.0 Å². The van der Waals surface area contributed by atoms with Crippen molar-refractivity contribution in [2.45, 2.75) is 38.6 Å². The molecule has 2 aromatic carbocycles. The third kappa shape index (κ3) is 2.88. The summed E-state index contributed by atoms with van der Waals surface area (Å²) in [5, 5.41) is 6.10. The zero-order chi connectivity index (χ0) is 14.8. The minimum Gasteiger partial charge on any atom is -0.389 e. The van der Waals surface area contributed by atoms with Crippen LogP contribution in [0.3, 0.4) is 0 Å². The first-order chi connectivity index (χ1) is 10.2. The largest absolute Gasteiger partial charge is 0.389 e. The molecule has 1 fully saturated rings. The van der Waals surface area contributed by atoms with Crippen LogP contribution in [-0.2, 0) is 0 Å². The van der Waals surface area contributed by atoms with E-state index in [2.05, 4.69) is 36.5 Å². The van der Waals surface area contributed by atoms with Gasteiger partial charge in [0.15, 0.2) is 0 Å². The molecule has 1 aliphatic rings. The van der Waals surface area contributed by atoms with E-state index in [-0.39, 0.29) is 0 Å². The first-order valence-electron chi connectivity index (χ1n) is 7.75. The fourth-order valence-corrected chi connectivity index (χ4v) is 3.55. The average molecular weight is 298 g/mol. The monoisotopic (exact) mass is 298 g/mol. The number of benzene rings is 2. The predicted molar refractivity (Wildman–Crippen MR) is 94.9 cm³/mol. The molecule has 0 bridgehead atoms. The molecule has 3 rings (SSSR count). The summed E-state index contributed by atoms with van der Waals surface area (Å²) in [6, 6.07) is 13.1.